The van der Waals surface area contributed by atoms with Crippen molar-refractivity contribution in [3.8, 4) is 5.75 Å². The van der Waals surface area contributed by atoms with Gasteiger partial charge >= 0.3 is 5.97 Å². The Morgan fingerprint density at radius 3 is 2.73 bits per heavy atom. The maximum absolute atomic E-state index is 11.6. The van der Waals surface area contributed by atoms with E-state index < -0.39 is 5.97 Å². The molecule has 3 rings (SSSR count). The quantitative estimate of drug-likeness (QED) is 0.583. The molecule has 2 aromatic carbocycles. The largest absolute Gasteiger partial charge is 0.489 e. The van der Waals surface area contributed by atoms with Crippen molar-refractivity contribution in [3.05, 3.63) is 83.2 Å². The minimum absolute atomic E-state index is 0.159. The molecule has 26 heavy (non-hydrogen) atoms. The summed E-state index contributed by atoms with van der Waals surface area (Å²) in [6, 6.07) is 19.3. The molecule has 0 spiro atoms. The van der Waals surface area contributed by atoms with E-state index in [1.54, 1.807) is 19.1 Å². The number of carbonyl (C=O) groups excluding carboxylic acids is 1. The average Bonchev–Trinajstić information content (AvgIpc) is 3.15. The van der Waals surface area contributed by atoms with Gasteiger partial charge in [0.2, 0.25) is 0 Å². The zero-order valence-electron chi connectivity index (χ0n) is 14.4. The molecular weight excluding hydrogens is 330 g/mol. The van der Waals surface area contributed by atoms with Crippen molar-refractivity contribution < 1.29 is 18.8 Å². The fraction of sp³-hybridized carbons (Fsp3) is 0.143. The third-order valence-corrected chi connectivity index (χ3v) is 3.56. The van der Waals surface area contributed by atoms with Crippen LogP contribution >= 0.6 is 0 Å². The number of ether oxygens (including phenoxy) is 2. The van der Waals surface area contributed by atoms with Crippen molar-refractivity contribution in [2.24, 2.45) is 0 Å². The van der Waals surface area contributed by atoms with Gasteiger partial charge in [0, 0.05) is 6.07 Å². The molecular formula is C21H19NO4. The highest BCUT2D eigenvalue weighted by Crippen LogP contribution is 2.17. The highest BCUT2D eigenvalue weighted by Gasteiger charge is 2.11. The zero-order chi connectivity index (χ0) is 18.2. The molecule has 0 aliphatic rings. The molecule has 3 aromatic rings. The van der Waals surface area contributed by atoms with Crippen LogP contribution < -0.4 is 4.74 Å². The van der Waals surface area contributed by atoms with Gasteiger partial charge in [-0.3, -0.25) is 0 Å². The SMILES string of the molecule is CCOC(=O)c1cc(/C=C/c2cccc(OCc3ccccc3)c2)on1. The lowest BCUT2D eigenvalue weighted by Gasteiger charge is -2.06. The summed E-state index contributed by atoms with van der Waals surface area (Å²) in [5.41, 5.74) is 2.22. The van der Waals surface area contributed by atoms with Gasteiger partial charge in [-0.1, -0.05) is 53.7 Å². The normalized spacial score (nSPS) is 10.8. The molecule has 5 heteroatoms. The summed E-state index contributed by atoms with van der Waals surface area (Å²) in [6.45, 7) is 2.55. The van der Waals surface area contributed by atoms with E-state index in [4.69, 9.17) is 14.0 Å². The van der Waals surface area contributed by atoms with Gasteiger partial charge in [-0.05, 0) is 36.3 Å². The van der Waals surface area contributed by atoms with Crippen LogP contribution in [0.2, 0.25) is 0 Å². The average molecular weight is 349 g/mol. The van der Waals surface area contributed by atoms with E-state index in [1.807, 2.05) is 60.7 Å². The van der Waals surface area contributed by atoms with Gasteiger partial charge < -0.3 is 14.0 Å². The number of carbonyl (C=O) groups is 1. The summed E-state index contributed by atoms with van der Waals surface area (Å²) in [5.74, 6) is 0.761. The molecule has 0 saturated heterocycles. The molecule has 5 nitrogen and oxygen atoms in total. The smallest absolute Gasteiger partial charge is 0.360 e. The number of hydrogen-bond donors (Lipinski definition) is 0. The molecule has 0 atom stereocenters. The monoisotopic (exact) mass is 349 g/mol. The molecule has 0 amide bonds. The predicted octanol–water partition coefficient (Wildman–Crippen LogP) is 4.60. The Balaban J connectivity index is 1.63. The van der Waals surface area contributed by atoms with Crippen LogP contribution in [0.1, 0.15) is 34.3 Å². The van der Waals surface area contributed by atoms with Crippen LogP contribution in [0.25, 0.3) is 12.2 Å². The topological polar surface area (TPSA) is 61.6 Å². The van der Waals surface area contributed by atoms with Crippen molar-refractivity contribution in [1.29, 1.82) is 0 Å². The van der Waals surface area contributed by atoms with Gasteiger partial charge in [0.25, 0.3) is 0 Å². The Labute approximate surface area is 151 Å². The highest BCUT2D eigenvalue weighted by molar-refractivity contribution is 5.87. The molecule has 0 aliphatic heterocycles. The second kappa shape index (κ2) is 8.67. The molecule has 0 radical (unpaired) electrons. The lowest BCUT2D eigenvalue weighted by Crippen LogP contribution is -2.04. The van der Waals surface area contributed by atoms with Crippen molar-refractivity contribution in [2.45, 2.75) is 13.5 Å². The lowest BCUT2D eigenvalue weighted by atomic mass is 10.2. The van der Waals surface area contributed by atoms with Crippen LogP contribution in [0.15, 0.2) is 65.2 Å². The summed E-state index contributed by atoms with van der Waals surface area (Å²) in [4.78, 5) is 11.6. The van der Waals surface area contributed by atoms with Crippen LogP contribution in [-0.4, -0.2) is 17.7 Å². The summed E-state index contributed by atoms with van der Waals surface area (Å²) in [6.07, 6.45) is 3.61. The van der Waals surface area contributed by atoms with Crippen LogP contribution in [-0.2, 0) is 11.3 Å². The van der Waals surface area contributed by atoms with Crippen LogP contribution in [0.5, 0.6) is 5.75 Å². The third kappa shape index (κ3) is 4.83. The lowest BCUT2D eigenvalue weighted by molar-refractivity contribution is 0.0514. The molecule has 1 heterocycles. The molecule has 0 unspecified atom stereocenters. The molecule has 0 bridgehead atoms. The standard InChI is InChI=1S/C21H19NO4/c1-2-24-21(23)20-14-19(26-22-20)12-11-16-9-6-10-18(13-16)25-15-17-7-4-3-5-8-17/h3-14H,2,15H2,1H3/b12-11+. The number of hydrogen-bond acceptors (Lipinski definition) is 5. The van der Waals surface area contributed by atoms with Crippen LogP contribution in [0.3, 0.4) is 0 Å². The Morgan fingerprint density at radius 2 is 1.92 bits per heavy atom. The first-order valence-corrected chi connectivity index (χ1v) is 8.33. The van der Waals surface area contributed by atoms with E-state index in [2.05, 4.69) is 5.16 Å². The number of rotatable bonds is 7. The fourth-order valence-corrected chi connectivity index (χ4v) is 2.30. The first-order chi connectivity index (χ1) is 12.7. The van der Waals surface area contributed by atoms with Gasteiger partial charge in [-0.25, -0.2) is 4.79 Å². The van der Waals surface area contributed by atoms with Crippen molar-refractivity contribution in [3.63, 3.8) is 0 Å². The van der Waals surface area contributed by atoms with Gasteiger partial charge in [-0.2, -0.15) is 0 Å². The Hall–Kier alpha value is -3.34. The van der Waals surface area contributed by atoms with Crippen molar-refractivity contribution >= 4 is 18.1 Å². The number of aromatic nitrogens is 1. The molecule has 0 fully saturated rings. The van der Waals surface area contributed by atoms with Crippen molar-refractivity contribution in [2.75, 3.05) is 6.61 Å². The summed E-state index contributed by atoms with van der Waals surface area (Å²) < 4.78 is 15.8. The Morgan fingerprint density at radius 1 is 1.08 bits per heavy atom. The van der Waals surface area contributed by atoms with E-state index >= 15 is 0 Å². The van der Waals surface area contributed by atoms with Gasteiger partial charge in [0.05, 0.1) is 6.61 Å². The second-order valence-corrected chi connectivity index (χ2v) is 5.52. The summed E-state index contributed by atoms with van der Waals surface area (Å²) >= 11 is 0. The fourth-order valence-electron chi connectivity index (χ4n) is 2.30. The van der Waals surface area contributed by atoms with E-state index in [9.17, 15) is 4.79 Å². The second-order valence-electron chi connectivity index (χ2n) is 5.52. The van der Waals surface area contributed by atoms with E-state index in [1.165, 1.54) is 0 Å². The minimum atomic E-state index is -0.493. The maximum Gasteiger partial charge on any atom is 0.360 e. The predicted molar refractivity (Wildman–Crippen MR) is 98.6 cm³/mol. The molecule has 1 aromatic heterocycles. The minimum Gasteiger partial charge on any atom is -0.489 e. The van der Waals surface area contributed by atoms with Crippen molar-refractivity contribution in [1.82, 2.24) is 5.16 Å². The molecule has 0 aliphatic carbocycles. The first-order valence-electron chi connectivity index (χ1n) is 8.33. The first kappa shape index (κ1) is 17.5. The summed E-state index contributed by atoms with van der Waals surface area (Å²) in [7, 11) is 0. The van der Waals surface area contributed by atoms with E-state index in [0.29, 0.717) is 19.0 Å². The van der Waals surface area contributed by atoms with Gasteiger partial charge in [0.1, 0.15) is 12.4 Å². The molecule has 0 saturated carbocycles. The third-order valence-electron chi connectivity index (χ3n) is 3.56. The number of benzene rings is 2. The van der Waals surface area contributed by atoms with Crippen LogP contribution in [0.4, 0.5) is 0 Å². The molecule has 0 N–H and O–H groups in total. The zero-order valence-corrected chi connectivity index (χ0v) is 14.4. The number of esters is 1. The molecule has 132 valence electrons. The number of nitrogens with zero attached hydrogens (tertiary/aromatic N) is 1. The Bertz CT molecular complexity index is 884. The van der Waals surface area contributed by atoms with E-state index in [-0.39, 0.29) is 5.69 Å². The summed E-state index contributed by atoms with van der Waals surface area (Å²) in [5, 5.41) is 3.70. The van der Waals surface area contributed by atoms with Crippen LogP contribution in [0, 0.1) is 0 Å². The van der Waals surface area contributed by atoms with Gasteiger partial charge in [0.15, 0.2) is 11.5 Å². The van der Waals surface area contributed by atoms with Gasteiger partial charge in [-0.15, -0.1) is 0 Å². The maximum atomic E-state index is 11.6. The van der Waals surface area contributed by atoms with E-state index in [0.717, 1.165) is 16.9 Å². The Kier molecular flexibility index (Phi) is 5.83. The highest BCUT2D eigenvalue weighted by atomic mass is 16.5.